The van der Waals surface area contributed by atoms with Crippen LogP contribution in [0.5, 0.6) is 0 Å². The van der Waals surface area contributed by atoms with E-state index < -0.39 is 0 Å². The second kappa shape index (κ2) is 4.53. The SMILES string of the molecule is CC(C)C(C)(C)[B]C1CCCCC1. The largest absolute Gasteiger partial charge is 0.121 e. The Labute approximate surface area is 84.7 Å². The maximum absolute atomic E-state index is 2.62. The molecule has 13 heavy (non-hydrogen) atoms. The Kier molecular flexibility index (Phi) is 3.88. The fourth-order valence-corrected chi connectivity index (χ4v) is 2.10. The van der Waals surface area contributed by atoms with Gasteiger partial charge >= 0.3 is 0 Å². The van der Waals surface area contributed by atoms with Crippen LogP contribution in [0.3, 0.4) is 0 Å². The summed E-state index contributed by atoms with van der Waals surface area (Å²) in [7, 11) is 2.62. The first-order valence-electron chi connectivity index (χ1n) is 5.88. The molecule has 0 aliphatic heterocycles. The molecule has 1 aliphatic rings. The molecule has 0 bridgehead atoms. The van der Waals surface area contributed by atoms with Crippen LogP contribution < -0.4 is 0 Å². The molecule has 0 aromatic rings. The Morgan fingerprint density at radius 1 is 1.08 bits per heavy atom. The van der Waals surface area contributed by atoms with Crippen LogP contribution in [-0.2, 0) is 0 Å². The summed E-state index contributed by atoms with van der Waals surface area (Å²) in [6, 6.07) is 0. The van der Waals surface area contributed by atoms with Crippen LogP contribution in [0.2, 0.25) is 11.1 Å². The average Bonchev–Trinajstić information content (AvgIpc) is 2.05. The predicted molar refractivity (Wildman–Crippen MR) is 61.5 cm³/mol. The van der Waals surface area contributed by atoms with Gasteiger partial charge in [0.2, 0.25) is 0 Å². The third-order valence-electron chi connectivity index (χ3n) is 3.80. The minimum atomic E-state index is 0.433. The Morgan fingerprint density at radius 3 is 2.08 bits per heavy atom. The zero-order valence-electron chi connectivity index (χ0n) is 9.77. The lowest BCUT2D eigenvalue weighted by Gasteiger charge is -2.34. The minimum absolute atomic E-state index is 0.433. The summed E-state index contributed by atoms with van der Waals surface area (Å²) < 4.78 is 0. The highest BCUT2D eigenvalue weighted by molar-refractivity contribution is 6.41. The summed E-state index contributed by atoms with van der Waals surface area (Å²) in [6.45, 7) is 9.43. The quantitative estimate of drug-likeness (QED) is 0.566. The zero-order chi connectivity index (χ0) is 9.90. The van der Waals surface area contributed by atoms with Gasteiger partial charge in [-0.25, -0.2) is 0 Å². The molecular weight excluding hydrogens is 155 g/mol. The van der Waals surface area contributed by atoms with Gasteiger partial charge in [-0.15, -0.1) is 0 Å². The van der Waals surface area contributed by atoms with E-state index in [0.717, 1.165) is 11.7 Å². The molecular formula is C12H24B. The fourth-order valence-electron chi connectivity index (χ4n) is 2.10. The van der Waals surface area contributed by atoms with Gasteiger partial charge in [-0.1, -0.05) is 70.9 Å². The third kappa shape index (κ3) is 3.36. The molecule has 0 amide bonds. The molecule has 0 spiro atoms. The molecule has 0 nitrogen and oxygen atoms in total. The van der Waals surface area contributed by atoms with Crippen LogP contribution in [-0.4, -0.2) is 7.28 Å². The first-order chi connectivity index (χ1) is 6.02. The Bertz CT molecular complexity index is 143. The van der Waals surface area contributed by atoms with Crippen LogP contribution in [0.25, 0.3) is 0 Å². The van der Waals surface area contributed by atoms with Gasteiger partial charge in [0.1, 0.15) is 7.28 Å². The molecule has 1 aliphatic carbocycles. The second-order valence-electron chi connectivity index (χ2n) is 5.54. The average molecular weight is 179 g/mol. The molecule has 0 unspecified atom stereocenters. The number of hydrogen-bond donors (Lipinski definition) is 0. The Morgan fingerprint density at radius 2 is 1.62 bits per heavy atom. The van der Waals surface area contributed by atoms with E-state index in [1.54, 1.807) is 0 Å². The van der Waals surface area contributed by atoms with Gasteiger partial charge in [0.15, 0.2) is 0 Å². The lowest BCUT2D eigenvalue weighted by molar-refractivity contribution is 0.443. The smallest absolute Gasteiger partial charge is 0.0682 e. The maximum atomic E-state index is 2.62. The Hall–Kier alpha value is 0.0649. The summed E-state index contributed by atoms with van der Waals surface area (Å²) in [5.74, 6) is 1.68. The molecule has 0 atom stereocenters. The van der Waals surface area contributed by atoms with Crippen molar-refractivity contribution >= 4 is 7.28 Å². The summed E-state index contributed by atoms with van der Waals surface area (Å²) in [6.07, 6.45) is 7.25. The predicted octanol–water partition coefficient (Wildman–Crippen LogP) is 4.30. The van der Waals surface area contributed by atoms with Crippen molar-refractivity contribution in [3.63, 3.8) is 0 Å². The van der Waals surface area contributed by atoms with Crippen LogP contribution in [0.15, 0.2) is 0 Å². The first kappa shape index (κ1) is 11.1. The van der Waals surface area contributed by atoms with Crippen LogP contribution >= 0.6 is 0 Å². The van der Waals surface area contributed by atoms with Crippen molar-refractivity contribution in [2.45, 2.75) is 70.9 Å². The van der Waals surface area contributed by atoms with Crippen molar-refractivity contribution in [3.05, 3.63) is 0 Å². The van der Waals surface area contributed by atoms with E-state index in [1.165, 1.54) is 32.1 Å². The maximum Gasteiger partial charge on any atom is 0.121 e. The summed E-state index contributed by atoms with van der Waals surface area (Å²) in [4.78, 5) is 0. The van der Waals surface area contributed by atoms with Crippen LogP contribution in [0.1, 0.15) is 59.8 Å². The van der Waals surface area contributed by atoms with Gasteiger partial charge in [0.05, 0.1) is 0 Å². The van der Waals surface area contributed by atoms with Crippen molar-refractivity contribution < 1.29 is 0 Å². The van der Waals surface area contributed by atoms with Crippen molar-refractivity contribution in [2.24, 2.45) is 5.92 Å². The lowest BCUT2D eigenvalue weighted by Crippen LogP contribution is -2.24. The molecule has 1 saturated carbocycles. The highest BCUT2D eigenvalue weighted by Gasteiger charge is 2.28. The molecule has 0 N–H and O–H groups in total. The minimum Gasteiger partial charge on any atom is -0.0682 e. The van der Waals surface area contributed by atoms with Crippen molar-refractivity contribution in [3.8, 4) is 0 Å². The highest BCUT2D eigenvalue weighted by Crippen LogP contribution is 2.40. The van der Waals surface area contributed by atoms with Crippen LogP contribution in [0, 0.1) is 5.92 Å². The van der Waals surface area contributed by atoms with E-state index in [9.17, 15) is 0 Å². The van der Waals surface area contributed by atoms with Crippen molar-refractivity contribution in [1.82, 2.24) is 0 Å². The molecule has 0 heterocycles. The van der Waals surface area contributed by atoms with E-state index in [4.69, 9.17) is 0 Å². The molecule has 1 heteroatoms. The van der Waals surface area contributed by atoms with Gasteiger partial charge in [-0.3, -0.25) is 0 Å². The van der Waals surface area contributed by atoms with Crippen LogP contribution in [0.4, 0.5) is 0 Å². The normalized spacial score (nSPS) is 20.7. The topological polar surface area (TPSA) is 0 Å². The van der Waals surface area contributed by atoms with Gasteiger partial charge in [0, 0.05) is 0 Å². The molecule has 0 aromatic carbocycles. The second-order valence-corrected chi connectivity index (χ2v) is 5.54. The standard InChI is InChI=1S/C12H24B/c1-10(2)12(3,4)13-11-8-6-5-7-9-11/h10-11H,5-9H2,1-4H3. The molecule has 0 aromatic heterocycles. The van der Waals surface area contributed by atoms with Gasteiger partial charge in [0.25, 0.3) is 0 Å². The van der Waals surface area contributed by atoms with Crippen molar-refractivity contribution in [1.29, 1.82) is 0 Å². The van der Waals surface area contributed by atoms with E-state index in [0.29, 0.717) is 5.31 Å². The van der Waals surface area contributed by atoms with Gasteiger partial charge < -0.3 is 0 Å². The zero-order valence-corrected chi connectivity index (χ0v) is 9.77. The summed E-state index contributed by atoms with van der Waals surface area (Å²) in [5, 5.41) is 0.433. The van der Waals surface area contributed by atoms with E-state index in [-0.39, 0.29) is 0 Å². The van der Waals surface area contributed by atoms with Crippen molar-refractivity contribution in [2.75, 3.05) is 0 Å². The summed E-state index contributed by atoms with van der Waals surface area (Å²) in [5.41, 5.74) is 0. The third-order valence-corrected chi connectivity index (χ3v) is 3.80. The summed E-state index contributed by atoms with van der Waals surface area (Å²) >= 11 is 0. The molecule has 1 radical (unpaired) electrons. The first-order valence-corrected chi connectivity index (χ1v) is 5.88. The van der Waals surface area contributed by atoms with Gasteiger partial charge in [-0.2, -0.15) is 0 Å². The Balaban J connectivity index is 2.37. The van der Waals surface area contributed by atoms with E-state index in [1.807, 2.05) is 0 Å². The lowest BCUT2D eigenvalue weighted by atomic mass is 9.42. The van der Waals surface area contributed by atoms with Gasteiger partial charge in [-0.05, 0) is 5.92 Å². The number of rotatable bonds is 3. The van der Waals surface area contributed by atoms with E-state index in [2.05, 4.69) is 35.0 Å². The molecule has 1 rings (SSSR count). The molecule has 75 valence electrons. The monoisotopic (exact) mass is 179 g/mol. The molecule has 1 fully saturated rings. The van der Waals surface area contributed by atoms with E-state index >= 15 is 0 Å². The highest BCUT2D eigenvalue weighted by atomic mass is 14.2. The fraction of sp³-hybridized carbons (Fsp3) is 1.00. The number of hydrogen-bond acceptors (Lipinski definition) is 0. The molecule has 0 saturated heterocycles.